The van der Waals surface area contributed by atoms with E-state index >= 15 is 0 Å². The Bertz CT molecular complexity index is 934. The van der Waals surface area contributed by atoms with Crippen LogP contribution in [0.3, 0.4) is 0 Å². The SMILES string of the molecule is NC[C@H]1CN(c2ccc(N3CCN(C(=O)COc4ccccc4)CC3)c(F)c2)C(=O)O1. The van der Waals surface area contributed by atoms with Gasteiger partial charge in [0.25, 0.3) is 5.91 Å². The zero-order valence-electron chi connectivity index (χ0n) is 17.1. The molecule has 2 amide bonds. The quantitative estimate of drug-likeness (QED) is 0.755. The van der Waals surface area contributed by atoms with Crippen molar-refractivity contribution in [1.82, 2.24) is 4.90 Å². The van der Waals surface area contributed by atoms with Crippen molar-refractivity contribution in [2.75, 3.05) is 55.7 Å². The minimum atomic E-state index is -0.521. The average molecular weight is 428 g/mol. The maximum absolute atomic E-state index is 14.8. The first-order chi connectivity index (χ1) is 15.0. The highest BCUT2D eigenvalue weighted by Crippen LogP contribution is 2.28. The van der Waals surface area contributed by atoms with E-state index in [9.17, 15) is 14.0 Å². The maximum Gasteiger partial charge on any atom is 0.414 e. The van der Waals surface area contributed by atoms with E-state index in [1.807, 2.05) is 23.1 Å². The third kappa shape index (κ3) is 4.72. The second-order valence-electron chi connectivity index (χ2n) is 7.46. The second-order valence-corrected chi connectivity index (χ2v) is 7.46. The summed E-state index contributed by atoms with van der Waals surface area (Å²) in [4.78, 5) is 29.4. The Hall–Kier alpha value is -3.33. The number of hydrogen-bond acceptors (Lipinski definition) is 6. The summed E-state index contributed by atoms with van der Waals surface area (Å²) in [6.45, 7) is 2.48. The van der Waals surface area contributed by atoms with Gasteiger partial charge in [0.15, 0.2) is 6.61 Å². The van der Waals surface area contributed by atoms with Crippen LogP contribution in [0.1, 0.15) is 0 Å². The molecule has 2 aliphatic heterocycles. The molecule has 0 radical (unpaired) electrons. The zero-order chi connectivity index (χ0) is 21.8. The smallest absolute Gasteiger partial charge is 0.414 e. The van der Waals surface area contributed by atoms with Gasteiger partial charge < -0.3 is 25.0 Å². The molecule has 2 aromatic rings. The van der Waals surface area contributed by atoms with Crippen LogP contribution < -0.4 is 20.3 Å². The normalized spacial score (nSPS) is 18.8. The van der Waals surface area contributed by atoms with Crippen molar-refractivity contribution in [3.8, 4) is 5.75 Å². The molecule has 0 aromatic heterocycles. The lowest BCUT2D eigenvalue weighted by molar-refractivity contribution is -0.133. The molecule has 2 saturated heterocycles. The molecule has 0 bridgehead atoms. The number of halogens is 1. The van der Waals surface area contributed by atoms with E-state index in [2.05, 4.69) is 0 Å². The molecule has 8 nitrogen and oxygen atoms in total. The van der Waals surface area contributed by atoms with Crippen LogP contribution in [0.15, 0.2) is 48.5 Å². The van der Waals surface area contributed by atoms with Crippen LogP contribution in [0, 0.1) is 5.82 Å². The highest BCUT2D eigenvalue weighted by Gasteiger charge is 2.32. The largest absolute Gasteiger partial charge is 0.484 e. The molecule has 2 aromatic carbocycles. The van der Waals surface area contributed by atoms with E-state index < -0.39 is 11.9 Å². The highest BCUT2D eigenvalue weighted by molar-refractivity contribution is 5.90. The van der Waals surface area contributed by atoms with Gasteiger partial charge in [-0.25, -0.2) is 9.18 Å². The summed E-state index contributed by atoms with van der Waals surface area (Å²) in [6, 6.07) is 13.9. The van der Waals surface area contributed by atoms with Crippen LogP contribution in [-0.4, -0.2) is 68.9 Å². The fraction of sp³-hybridized carbons (Fsp3) is 0.364. The number of nitrogens with two attached hydrogens (primary N) is 1. The molecule has 31 heavy (non-hydrogen) atoms. The lowest BCUT2D eigenvalue weighted by Crippen LogP contribution is -2.50. The number of para-hydroxylation sites is 1. The van der Waals surface area contributed by atoms with Crippen molar-refractivity contribution >= 4 is 23.4 Å². The van der Waals surface area contributed by atoms with E-state index in [1.54, 1.807) is 29.2 Å². The first-order valence-corrected chi connectivity index (χ1v) is 10.2. The Kier molecular flexibility index (Phi) is 6.22. The third-order valence-electron chi connectivity index (χ3n) is 5.46. The standard InChI is InChI=1S/C22H25FN4O4/c23-19-12-16(27-14-18(13-24)31-22(27)29)6-7-20(19)25-8-10-26(11-9-25)21(28)15-30-17-4-2-1-3-5-17/h1-7,12,18H,8-11,13-15,24H2/t18-/m0/s1. The number of ether oxygens (including phenoxy) is 2. The van der Waals surface area contributed by atoms with E-state index in [0.29, 0.717) is 49.8 Å². The molecule has 0 aliphatic carbocycles. The molecule has 1 atom stereocenters. The highest BCUT2D eigenvalue weighted by atomic mass is 19.1. The van der Waals surface area contributed by atoms with Gasteiger partial charge in [0.05, 0.1) is 17.9 Å². The Balaban J connectivity index is 1.32. The van der Waals surface area contributed by atoms with Gasteiger partial charge in [0.2, 0.25) is 0 Å². The summed E-state index contributed by atoms with van der Waals surface area (Å²) in [5, 5.41) is 0. The molecule has 4 rings (SSSR count). The number of amides is 2. The van der Waals surface area contributed by atoms with Crippen LogP contribution in [0.5, 0.6) is 5.75 Å². The van der Waals surface area contributed by atoms with Crippen molar-refractivity contribution in [3.63, 3.8) is 0 Å². The topological polar surface area (TPSA) is 88.3 Å². The first-order valence-electron chi connectivity index (χ1n) is 10.2. The van der Waals surface area contributed by atoms with E-state index in [0.717, 1.165) is 0 Å². The molecule has 0 spiro atoms. The average Bonchev–Trinajstić information content (AvgIpc) is 3.19. The summed E-state index contributed by atoms with van der Waals surface area (Å²) in [5.41, 5.74) is 6.43. The minimum Gasteiger partial charge on any atom is -0.484 e. The Labute approximate surface area is 179 Å². The summed E-state index contributed by atoms with van der Waals surface area (Å²) >= 11 is 0. The molecule has 2 aliphatic rings. The van der Waals surface area contributed by atoms with Crippen LogP contribution in [0.4, 0.5) is 20.6 Å². The van der Waals surface area contributed by atoms with Gasteiger partial charge in [-0.2, -0.15) is 0 Å². The third-order valence-corrected chi connectivity index (χ3v) is 5.46. The minimum absolute atomic E-state index is 0.0250. The molecular weight excluding hydrogens is 403 g/mol. The number of rotatable bonds is 6. The van der Waals surface area contributed by atoms with E-state index in [4.69, 9.17) is 15.2 Å². The number of carbonyl (C=O) groups excluding carboxylic acids is 2. The molecule has 9 heteroatoms. The van der Waals surface area contributed by atoms with Gasteiger partial charge in [-0.15, -0.1) is 0 Å². The predicted octanol–water partition coefficient (Wildman–Crippen LogP) is 1.84. The summed E-state index contributed by atoms with van der Waals surface area (Å²) < 4.78 is 25.5. The van der Waals surface area contributed by atoms with Crippen LogP contribution in [0.25, 0.3) is 0 Å². The number of anilines is 2. The number of hydrogen-bond donors (Lipinski definition) is 1. The Morgan fingerprint density at radius 2 is 1.87 bits per heavy atom. The molecular formula is C22H25FN4O4. The molecule has 0 unspecified atom stereocenters. The number of carbonyl (C=O) groups is 2. The molecule has 2 N–H and O–H groups in total. The zero-order valence-corrected chi connectivity index (χ0v) is 17.1. The van der Waals surface area contributed by atoms with Crippen LogP contribution >= 0.6 is 0 Å². The van der Waals surface area contributed by atoms with Gasteiger partial charge in [-0.1, -0.05) is 18.2 Å². The van der Waals surface area contributed by atoms with Crippen molar-refractivity contribution in [2.24, 2.45) is 5.73 Å². The summed E-state index contributed by atoms with van der Waals surface area (Å²) in [7, 11) is 0. The summed E-state index contributed by atoms with van der Waals surface area (Å²) in [5.74, 6) is 0.131. The number of nitrogens with zero attached hydrogens (tertiary/aromatic N) is 3. The van der Waals surface area contributed by atoms with Crippen LogP contribution in [0.2, 0.25) is 0 Å². The number of cyclic esters (lactones) is 1. The predicted molar refractivity (Wildman–Crippen MR) is 114 cm³/mol. The number of piperazine rings is 1. The Morgan fingerprint density at radius 1 is 1.13 bits per heavy atom. The molecule has 164 valence electrons. The first kappa shape index (κ1) is 20.9. The van der Waals surface area contributed by atoms with E-state index in [-0.39, 0.29) is 25.2 Å². The lowest BCUT2D eigenvalue weighted by atomic mass is 10.2. The maximum atomic E-state index is 14.8. The van der Waals surface area contributed by atoms with Gasteiger partial charge in [-0.3, -0.25) is 9.69 Å². The lowest BCUT2D eigenvalue weighted by Gasteiger charge is -2.36. The second kappa shape index (κ2) is 9.22. The molecule has 0 saturated carbocycles. The van der Waals surface area contributed by atoms with Gasteiger partial charge in [-0.05, 0) is 30.3 Å². The van der Waals surface area contributed by atoms with Crippen LogP contribution in [-0.2, 0) is 9.53 Å². The van der Waals surface area contributed by atoms with Crippen molar-refractivity contribution < 1.29 is 23.5 Å². The van der Waals surface area contributed by atoms with Gasteiger partial charge in [0.1, 0.15) is 17.7 Å². The van der Waals surface area contributed by atoms with Crippen molar-refractivity contribution in [2.45, 2.75) is 6.10 Å². The van der Waals surface area contributed by atoms with Crippen molar-refractivity contribution in [1.29, 1.82) is 0 Å². The molecule has 2 fully saturated rings. The fourth-order valence-corrected chi connectivity index (χ4v) is 3.73. The monoisotopic (exact) mass is 428 g/mol. The van der Waals surface area contributed by atoms with Crippen molar-refractivity contribution in [3.05, 3.63) is 54.3 Å². The number of benzene rings is 2. The van der Waals surface area contributed by atoms with E-state index in [1.165, 1.54) is 11.0 Å². The molecule has 2 heterocycles. The fourth-order valence-electron chi connectivity index (χ4n) is 3.73. The Morgan fingerprint density at radius 3 is 2.52 bits per heavy atom. The van der Waals surface area contributed by atoms with Gasteiger partial charge in [0, 0.05) is 32.7 Å². The van der Waals surface area contributed by atoms with Gasteiger partial charge >= 0.3 is 6.09 Å². The summed E-state index contributed by atoms with van der Waals surface area (Å²) in [6.07, 6.45) is -0.904.